The van der Waals surface area contributed by atoms with Crippen molar-refractivity contribution in [2.75, 3.05) is 30.3 Å². The molecule has 2 fully saturated rings. The Morgan fingerprint density at radius 3 is 2.55 bits per heavy atom. The molecule has 3 heterocycles. The first-order chi connectivity index (χ1) is 20.5. The number of piperidine rings is 1. The lowest BCUT2D eigenvalue weighted by molar-refractivity contribution is 0.0821. The summed E-state index contributed by atoms with van der Waals surface area (Å²) in [5, 5.41) is 20.5. The summed E-state index contributed by atoms with van der Waals surface area (Å²) in [5.41, 5.74) is 5.42. The lowest BCUT2D eigenvalue weighted by Gasteiger charge is -2.31. The van der Waals surface area contributed by atoms with Crippen LogP contribution in [0.25, 0.3) is 11.3 Å². The molecule has 0 bridgehead atoms. The molecule has 1 aliphatic heterocycles. The molecular formula is C32H34N8O2. The summed E-state index contributed by atoms with van der Waals surface area (Å²) < 4.78 is 7.44. The summed E-state index contributed by atoms with van der Waals surface area (Å²) in [6.07, 6.45) is 8.82. The number of nitrogens with one attached hydrogen (secondary N) is 2. The van der Waals surface area contributed by atoms with Crippen molar-refractivity contribution in [1.29, 1.82) is 5.26 Å². The average molecular weight is 563 g/mol. The van der Waals surface area contributed by atoms with E-state index in [0.717, 1.165) is 59.4 Å². The van der Waals surface area contributed by atoms with E-state index in [0.29, 0.717) is 25.6 Å². The van der Waals surface area contributed by atoms with E-state index in [1.807, 2.05) is 78.6 Å². The molecule has 0 atom stereocenters. The average Bonchev–Trinajstić information content (AvgIpc) is 3.68. The van der Waals surface area contributed by atoms with Gasteiger partial charge >= 0.3 is 6.09 Å². The Balaban J connectivity index is 1.03. The van der Waals surface area contributed by atoms with Crippen LogP contribution in [0.2, 0.25) is 0 Å². The Morgan fingerprint density at radius 1 is 1.07 bits per heavy atom. The number of nitrogens with zero attached hydrogens (tertiary/aromatic N) is 6. The van der Waals surface area contributed by atoms with Crippen molar-refractivity contribution in [3.63, 3.8) is 0 Å². The van der Waals surface area contributed by atoms with Gasteiger partial charge in [0.15, 0.2) is 0 Å². The van der Waals surface area contributed by atoms with Crippen LogP contribution in [0.3, 0.4) is 0 Å². The number of amides is 1. The van der Waals surface area contributed by atoms with E-state index in [1.165, 1.54) is 0 Å². The van der Waals surface area contributed by atoms with Crippen LogP contribution in [0.4, 0.5) is 22.1 Å². The van der Waals surface area contributed by atoms with Crippen LogP contribution in [0.15, 0.2) is 73.2 Å². The molecule has 1 amide bonds. The fraction of sp³-hybridized carbons (Fsp3) is 0.344. The minimum absolute atomic E-state index is 0.190. The second kappa shape index (κ2) is 11.9. The summed E-state index contributed by atoms with van der Waals surface area (Å²) in [5.74, 6) is 0.498. The maximum atomic E-state index is 12.5. The monoisotopic (exact) mass is 562 g/mol. The van der Waals surface area contributed by atoms with Crippen LogP contribution in [0.5, 0.6) is 0 Å². The number of carbonyl (C=O) groups excluding carboxylic acids is 1. The Labute approximate surface area is 245 Å². The number of hydrogen-bond acceptors (Lipinski definition) is 8. The second-order valence-electron chi connectivity index (χ2n) is 11.1. The van der Waals surface area contributed by atoms with E-state index >= 15 is 0 Å². The lowest BCUT2D eigenvalue weighted by Crippen LogP contribution is -2.39. The highest BCUT2D eigenvalue weighted by atomic mass is 16.6. The van der Waals surface area contributed by atoms with Gasteiger partial charge in [-0.2, -0.15) is 10.4 Å². The van der Waals surface area contributed by atoms with Crippen LogP contribution >= 0.6 is 0 Å². The van der Waals surface area contributed by atoms with E-state index in [4.69, 9.17) is 9.72 Å². The van der Waals surface area contributed by atoms with Crippen LogP contribution in [0, 0.1) is 23.7 Å². The van der Waals surface area contributed by atoms with E-state index < -0.39 is 0 Å². The molecule has 42 heavy (non-hydrogen) atoms. The van der Waals surface area contributed by atoms with Crippen molar-refractivity contribution < 1.29 is 9.53 Å². The van der Waals surface area contributed by atoms with E-state index in [1.54, 1.807) is 11.1 Å². The Bertz CT molecular complexity index is 1570. The molecule has 0 radical (unpaired) electrons. The first kappa shape index (κ1) is 27.3. The maximum Gasteiger partial charge on any atom is 0.410 e. The molecule has 214 valence electrons. The van der Waals surface area contributed by atoms with Gasteiger partial charge < -0.3 is 20.3 Å². The van der Waals surface area contributed by atoms with Crippen molar-refractivity contribution in [1.82, 2.24) is 24.6 Å². The molecule has 1 saturated carbocycles. The first-order valence-corrected chi connectivity index (χ1v) is 14.4. The second-order valence-corrected chi connectivity index (χ2v) is 11.1. The molecule has 10 nitrogen and oxygen atoms in total. The minimum atomic E-state index is -0.274. The number of rotatable bonds is 9. The van der Waals surface area contributed by atoms with Crippen LogP contribution < -0.4 is 10.6 Å². The van der Waals surface area contributed by atoms with E-state index in [9.17, 15) is 10.1 Å². The van der Waals surface area contributed by atoms with Crippen molar-refractivity contribution in [2.45, 2.75) is 45.3 Å². The zero-order chi connectivity index (χ0) is 28.9. The highest BCUT2D eigenvalue weighted by molar-refractivity contribution is 5.68. The van der Waals surface area contributed by atoms with Crippen molar-refractivity contribution >= 4 is 23.4 Å². The van der Waals surface area contributed by atoms with Crippen LogP contribution in [0.1, 0.15) is 42.9 Å². The van der Waals surface area contributed by atoms with Gasteiger partial charge in [-0.3, -0.25) is 4.68 Å². The third-order valence-corrected chi connectivity index (χ3v) is 8.01. The largest absolute Gasteiger partial charge is 0.445 e. The van der Waals surface area contributed by atoms with Crippen molar-refractivity contribution in [3.8, 4) is 17.3 Å². The van der Waals surface area contributed by atoms with Gasteiger partial charge in [-0.05, 0) is 55.9 Å². The zero-order valence-electron chi connectivity index (χ0n) is 23.7. The molecule has 0 unspecified atom stereocenters. The van der Waals surface area contributed by atoms with Gasteiger partial charge in [0.25, 0.3) is 0 Å². The summed E-state index contributed by atoms with van der Waals surface area (Å²) in [6.45, 7) is 4.20. The molecule has 6 rings (SSSR count). The minimum Gasteiger partial charge on any atom is -0.445 e. The van der Waals surface area contributed by atoms with Crippen molar-refractivity contribution in [3.05, 3.63) is 84.3 Å². The number of benzene rings is 2. The predicted octanol–water partition coefficient (Wildman–Crippen LogP) is 6.08. The molecule has 2 aromatic carbocycles. The van der Waals surface area contributed by atoms with Gasteiger partial charge in [0, 0.05) is 43.3 Å². The maximum absolute atomic E-state index is 12.5. The van der Waals surface area contributed by atoms with Gasteiger partial charge in [-0.1, -0.05) is 42.5 Å². The predicted molar refractivity (Wildman–Crippen MR) is 160 cm³/mol. The number of anilines is 3. The third-order valence-electron chi connectivity index (χ3n) is 8.01. The van der Waals surface area contributed by atoms with Gasteiger partial charge in [-0.15, -0.1) is 0 Å². The number of likely N-dealkylation sites (tertiary alicyclic amines) is 1. The van der Waals surface area contributed by atoms with Crippen LogP contribution in [-0.4, -0.2) is 50.4 Å². The molecular weight excluding hydrogens is 528 g/mol. The fourth-order valence-corrected chi connectivity index (χ4v) is 5.15. The Morgan fingerprint density at radius 2 is 1.83 bits per heavy atom. The molecule has 2 aliphatic rings. The number of hydrogen-bond donors (Lipinski definition) is 2. The number of aryl methyl sites for hydroxylation is 1. The highest BCUT2D eigenvalue weighted by Gasteiger charge is 2.42. The summed E-state index contributed by atoms with van der Waals surface area (Å²) in [4.78, 5) is 23.5. The van der Waals surface area contributed by atoms with Gasteiger partial charge in [0.05, 0.1) is 35.1 Å². The lowest BCUT2D eigenvalue weighted by atomic mass is 10.1. The standard InChI is InChI=1S/C32H34N8O2/c1-23-17-34-30(38-29(23)25-7-9-26(10-8-25)35-22-32(21-33)13-14-32)37-27-18-36-40(19-27)28-11-15-39(16-12-28)31(41)42-20-24-5-3-2-4-6-24/h2-10,17-19,28,35H,11-16,20,22H2,1H3,(H,34,37,38). The summed E-state index contributed by atoms with van der Waals surface area (Å²) in [6, 6.07) is 20.4. The Kier molecular flexibility index (Phi) is 7.73. The first-order valence-electron chi connectivity index (χ1n) is 14.4. The number of carbonyl (C=O) groups is 1. The SMILES string of the molecule is Cc1cnc(Nc2cnn(C3CCN(C(=O)OCc4ccccc4)CC3)c2)nc1-c1ccc(NCC2(C#N)CC2)cc1. The van der Waals surface area contributed by atoms with Crippen LogP contribution in [-0.2, 0) is 11.3 Å². The van der Waals surface area contributed by atoms with Gasteiger partial charge in [0.1, 0.15) is 6.61 Å². The molecule has 10 heteroatoms. The molecule has 2 aromatic heterocycles. The fourth-order valence-electron chi connectivity index (χ4n) is 5.15. The molecule has 2 N–H and O–H groups in total. The van der Waals surface area contributed by atoms with E-state index in [-0.39, 0.29) is 24.2 Å². The van der Waals surface area contributed by atoms with Gasteiger partial charge in [0.2, 0.25) is 5.95 Å². The smallest absolute Gasteiger partial charge is 0.410 e. The normalized spacial score (nSPS) is 16.0. The van der Waals surface area contributed by atoms with Crippen molar-refractivity contribution in [2.24, 2.45) is 5.41 Å². The molecule has 1 aliphatic carbocycles. The summed E-state index contributed by atoms with van der Waals surface area (Å²) >= 11 is 0. The summed E-state index contributed by atoms with van der Waals surface area (Å²) in [7, 11) is 0. The molecule has 0 spiro atoms. The number of ether oxygens (including phenoxy) is 1. The zero-order valence-corrected chi connectivity index (χ0v) is 23.7. The van der Waals surface area contributed by atoms with Gasteiger partial charge in [-0.25, -0.2) is 14.8 Å². The Hall–Kier alpha value is -4.91. The molecule has 4 aromatic rings. The molecule has 1 saturated heterocycles. The number of nitriles is 1. The number of aromatic nitrogens is 4. The third kappa shape index (κ3) is 6.36. The quantitative estimate of drug-likeness (QED) is 0.252. The topological polar surface area (TPSA) is 121 Å². The van der Waals surface area contributed by atoms with E-state index in [2.05, 4.69) is 26.8 Å². The highest BCUT2D eigenvalue weighted by Crippen LogP contribution is 2.44.